The molecule has 0 aliphatic rings. The summed E-state index contributed by atoms with van der Waals surface area (Å²) in [5, 5.41) is 14.2. The number of nitrogens with zero attached hydrogens (tertiary/aromatic N) is 6. The number of nitrogens with one attached hydrogen (secondary N) is 2. The van der Waals surface area contributed by atoms with E-state index in [1.807, 2.05) is 54.9 Å². The summed E-state index contributed by atoms with van der Waals surface area (Å²) in [6, 6.07) is 14.9. The predicted molar refractivity (Wildman–Crippen MR) is 140 cm³/mol. The molecule has 3 aromatic heterocycles. The molecular formula is C25H25N9O2. The zero-order valence-electron chi connectivity index (χ0n) is 20.1. The molecule has 0 aliphatic carbocycles. The molecule has 0 bridgehead atoms. The number of amides is 1. The molecule has 36 heavy (non-hydrogen) atoms. The molecule has 0 radical (unpaired) electrons. The highest BCUT2D eigenvalue weighted by molar-refractivity contribution is 6.01. The SMILES string of the molecule is CN(C)C/C=C/C(=O)Nc1ccc(-n2nc3c(=O)[nH]nc(N)c3c2-c2nc3ccccc3n2C)cc1. The molecule has 0 saturated heterocycles. The van der Waals surface area contributed by atoms with Crippen molar-refractivity contribution in [2.45, 2.75) is 0 Å². The van der Waals surface area contributed by atoms with Crippen molar-refractivity contribution in [3.63, 3.8) is 0 Å². The Hall–Kier alpha value is -4.77. The molecule has 11 heteroatoms. The number of para-hydroxylation sites is 2. The van der Waals surface area contributed by atoms with Crippen LogP contribution in [-0.4, -0.2) is 61.0 Å². The van der Waals surface area contributed by atoms with Crippen molar-refractivity contribution in [3.05, 3.63) is 71.0 Å². The van der Waals surface area contributed by atoms with Crippen LogP contribution in [0.15, 0.2) is 65.5 Å². The number of aromatic nitrogens is 6. The van der Waals surface area contributed by atoms with E-state index in [4.69, 9.17) is 10.7 Å². The molecule has 0 fully saturated rings. The lowest BCUT2D eigenvalue weighted by atomic mass is 10.2. The highest BCUT2D eigenvalue weighted by Crippen LogP contribution is 2.33. The zero-order chi connectivity index (χ0) is 25.4. The number of likely N-dealkylation sites (N-methyl/N-ethyl adjacent to an activating group) is 1. The van der Waals surface area contributed by atoms with Gasteiger partial charge < -0.3 is 20.5 Å². The topological polar surface area (TPSA) is 140 Å². The number of aromatic amines is 1. The van der Waals surface area contributed by atoms with Crippen LogP contribution in [0.2, 0.25) is 0 Å². The van der Waals surface area contributed by atoms with Gasteiger partial charge in [0, 0.05) is 25.4 Å². The molecule has 2 aromatic carbocycles. The predicted octanol–water partition coefficient (Wildman–Crippen LogP) is 2.30. The monoisotopic (exact) mass is 483 g/mol. The first-order valence-electron chi connectivity index (χ1n) is 11.2. The third-order valence-corrected chi connectivity index (χ3v) is 5.75. The Labute approximate surface area is 205 Å². The maximum absolute atomic E-state index is 12.6. The van der Waals surface area contributed by atoms with Crippen molar-refractivity contribution in [1.82, 2.24) is 34.4 Å². The smallest absolute Gasteiger partial charge is 0.292 e. The largest absolute Gasteiger partial charge is 0.382 e. The van der Waals surface area contributed by atoms with E-state index >= 15 is 0 Å². The van der Waals surface area contributed by atoms with Crippen molar-refractivity contribution in [2.75, 3.05) is 31.7 Å². The fourth-order valence-electron chi connectivity index (χ4n) is 4.03. The van der Waals surface area contributed by atoms with Gasteiger partial charge in [0.15, 0.2) is 17.2 Å². The third kappa shape index (κ3) is 4.12. The number of hydrogen-bond donors (Lipinski definition) is 3. The Bertz CT molecular complexity index is 1670. The molecule has 0 saturated carbocycles. The van der Waals surface area contributed by atoms with Crippen LogP contribution in [0.3, 0.4) is 0 Å². The van der Waals surface area contributed by atoms with Crippen molar-refractivity contribution in [3.8, 4) is 17.2 Å². The van der Waals surface area contributed by atoms with E-state index in [0.29, 0.717) is 34.8 Å². The number of rotatable bonds is 6. The van der Waals surface area contributed by atoms with Gasteiger partial charge in [0.2, 0.25) is 5.91 Å². The minimum atomic E-state index is -0.452. The lowest BCUT2D eigenvalue weighted by molar-refractivity contribution is -0.111. The van der Waals surface area contributed by atoms with Gasteiger partial charge in [-0.2, -0.15) is 10.2 Å². The van der Waals surface area contributed by atoms with Crippen LogP contribution in [0.4, 0.5) is 11.5 Å². The average molecular weight is 484 g/mol. The van der Waals surface area contributed by atoms with E-state index in [2.05, 4.69) is 20.6 Å². The Morgan fingerprint density at radius 2 is 1.92 bits per heavy atom. The number of anilines is 2. The van der Waals surface area contributed by atoms with E-state index in [0.717, 1.165) is 11.0 Å². The molecule has 5 aromatic rings. The Morgan fingerprint density at radius 1 is 1.17 bits per heavy atom. The minimum absolute atomic E-state index is 0.145. The molecular weight excluding hydrogens is 458 g/mol. The fraction of sp³-hybridized carbons (Fsp3) is 0.160. The maximum atomic E-state index is 12.6. The second-order valence-electron chi connectivity index (χ2n) is 8.61. The zero-order valence-corrected chi connectivity index (χ0v) is 20.1. The van der Waals surface area contributed by atoms with Crippen LogP contribution >= 0.6 is 0 Å². The summed E-state index contributed by atoms with van der Waals surface area (Å²) in [5.41, 5.74) is 9.46. The van der Waals surface area contributed by atoms with Crippen LogP contribution in [0.5, 0.6) is 0 Å². The average Bonchev–Trinajstić information content (AvgIpc) is 3.41. The van der Waals surface area contributed by atoms with Gasteiger partial charge in [-0.15, -0.1) is 0 Å². The lowest BCUT2D eigenvalue weighted by Gasteiger charge is -2.10. The van der Waals surface area contributed by atoms with E-state index < -0.39 is 5.56 Å². The number of nitrogen functional groups attached to an aromatic ring is 1. The van der Waals surface area contributed by atoms with Crippen molar-refractivity contribution < 1.29 is 4.79 Å². The summed E-state index contributed by atoms with van der Waals surface area (Å²) in [7, 11) is 5.76. The second kappa shape index (κ2) is 9.12. The summed E-state index contributed by atoms with van der Waals surface area (Å²) < 4.78 is 3.55. The number of nitrogens with two attached hydrogens (primary N) is 1. The van der Waals surface area contributed by atoms with E-state index in [9.17, 15) is 9.59 Å². The molecule has 0 unspecified atom stereocenters. The minimum Gasteiger partial charge on any atom is -0.382 e. The molecule has 5 rings (SSSR count). The molecule has 1 amide bonds. The number of fused-ring (bicyclic) bond motifs is 2. The molecule has 0 aliphatic heterocycles. The van der Waals surface area contributed by atoms with Gasteiger partial charge in [0.05, 0.1) is 22.1 Å². The molecule has 182 valence electrons. The van der Waals surface area contributed by atoms with Gasteiger partial charge in [-0.05, 0) is 50.5 Å². The Balaban J connectivity index is 1.60. The first-order chi connectivity index (χ1) is 17.3. The second-order valence-corrected chi connectivity index (χ2v) is 8.61. The molecule has 11 nitrogen and oxygen atoms in total. The van der Waals surface area contributed by atoms with Crippen LogP contribution in [0.25, 0.3) is 39.1 Å². The van der Waals surface area contributed by atoms with Gasteiger partial charge in [-0.1, -0.05) is 18.2 Å². The van der Waals surface area contributed by atoms with Gasteiger partial charge in [0.25, 0.3) is 5.56 Å². The Morgan fingerprint density at radius 3 is 2.64 bits per heavy atom. The molecule has 0 atom stereocenters. The van der Waals surface area contributed by atoms with Gasteiger partial charge >= 0.3 is 0 Å². The number of carbonyl (C=O) groups is 1. The molecule has 4 N–H and O–H groups in total. The summed E-state index contributed by atoms with van der Waals surface area (Å²) in [6.07, 6.45) is 3.29. The number of aryl methyl sites for hydroxylation is 1. The summed E-state index contributed by atoms with van der Waals surface area (Å²) in [4.78, 5) is 31.5. The molecule has 3 heterocycles. The summed E-state index contributed by atoms with van der Waals surface area (Å²) in [5.74, 6) is 0.507. The standard InChI is InChI=1S/C25H25N9O2/c1-32(2)14-6-9-19(35)27-15-10-12-16(13-11-15)34-22(20-21(31-34)25(36)30-29-23(20)26)24-28-17-7-4-5-8-18(17)33(24)3/h4-13H,14H2,1-3H3,(H2,26,29)(H,27,35)(H,30,36)/b9-6+. The summed E-state index contributed by atoms with van der Waals surface area (Å²) in [6.45, 7) is 0.668. The van der Waals surface area contributed by atoms with E-state index in [-0.39, 0.29) is 17.2 Å². The third-order valence-electron chi connectivity index (χ3n) is 5.75. The first-order valence-corrected chi connectivity index (χ1v) is 11.2. The van der Waals surface area contributed by atoms with Crippen LogP contribution in [0.1, 0.15) is 0 Å². The number of hydrogen-bond acceptors (Lipinski definition) is 7. The summed E-state index contributed by atoms with van der Waals surface area (Å²) >= 11 is 0. The first kappa shape index (κ1) is 23.0. The van der Waals surface area contributed by atoms with E-state index in [1.165, 1.54) is 6.08 Å². The fourth-order valence-corrected chi connectivity index (χ4v) is 4.03. The number of carbonyl (C=O) groups excluding carboxylic acids is 1. The number of H-pyrrole nitrogens is 1. The van der Waals surface area contributed by atoms with Crippen molar-refractivity contribution >= 4 is 39.3 Å². The van der Waals surface area contributed by atoms with Crippen LogP contribution in [-0.2, 0) is 11.8 Å². The van der Waals surface area contributed by atoms with Gasteiger partial charge in [-0.25, -0.2) is 14.8 Å². The van der Waals surface area contributed by atoms with E-state index in [1.54, 1.807) is 35.0 Å². The van der Waals surface area contributed by atoms with Crippen LogP contribution in [0, 0.1) is 0 Å². The van der Waals surface area contributed by atoms with Crippen molar-refractivity contribution in [1.29, 1.82) is 0 Å². The Kier molecular flexibility index (Phi) is 5.82. The number of benzene rings is 2. The van der Waals surface area contributed by atoms with Gasteiger partial charge in [0.1, 0.15) is 5.69 Å². The van der Waals surface area contributed by atoms with Crippen molar-refractivity contribution in [2.24, 2.45) is 7.05 Å². The maximum Gasteiger partial charge on any atom is 0.292 e. The number of imidazole rings is 1. The molecule has 0 spiro atoms. The van der Waals surface area contributed by atoms with Crippen LogP contribution < -0.4 is 16.6 Å². The lowest BCUT2D eigenvalue weighted by Crippen LogP contribution is -2.13. The highest BCUT2D eigenvalue weighted by Gasteiger charge is 2.24. The quantitative estimate of drug-likeness (QED) is 0.315. The highest BCUT2D eigenvalue weighted by atomic mass is 16.1. The normalized spacial score (nSPS) is 11.8. The van der Waals surface area contributed by atoms with Gasteiger partial charge in [-0.3, -0.25) is 9.59 Å².